The molecule has 3 unspecified atom stereocenters. The SMILES string of the molecule is Cc1sc2cncn2c1C(O)CC1CCC(c2ccccc2)C1. The Labute approximate surface area is 140 Å². The summed E-state index contributed by atoms with van der Waals surface area (Å²) in [5, 5.41) is 10.8. The lowest BCUT2D eigenvalue weighted by Gasteiger charge is -2.17. The van der Waals surface area contributed by atoms with Crippen molar-refractivity contribution >= 4 is 16.2 Å². The number of aliphatic hydroxyl groups is 1. The van der Waals surface area contributed by atoms with E-state index >= 15 is 0 Å². The molecular weight excluding hydrogens is 304 g/mol. The molecule has 23 heavy (non-hydrogen) atoms. The Balaban J connectivity index is 1.46. The molecule has 0 radical (unpaired) electrons. The van der Waals surface area contributed by atoms with Gasteiger partial charge in [0.05, 0.1) is 18.0 Å². The largest absolute Gasteiger partial charge is 0.387 e. The standard InChI is InChI=1S/C19H22N2OS/c1-13-19(21-12-20-11-18(21)23-13)17(22)10-14-7-8-16(9-14)15-5-3-2-4-6-15/h2-6,11-12,14,16-17,22H,7-10H2,1H3. The summed E-state index contributed by atoms with van der Waals surface area (Å²) >= 11 is 1.71. The van der Waals surface area contributed by atoms with Crippen LogP contribution in [0.4, 0.5) is 0 Å². The predicted octanol–water partition coefficient (Wildman–Crippen LogP) is 4.71. The first kappa shape index (κ1) is 14.9. The van der Waals surface area contributed by atoms with Gasteiger partial charge in [0.15, 0.2) is 0 Å². The Morgan fingerprint density at radius 1 is 1.30 bits per heavy atom. The highest BCUT2D eigenvalue weighted by Crippen LogP contribution is 2.42. The molecule has 3 atom stereocenters. The Morgan fingerprint density at radius 2 is 2.13 bits per heavy atom. The third-order valence-corrected chi connectivity index (χ3v) is 6.19. The predicted molar refractivity (Wildman–Crippen MR) is 93.9 cm³/mol. The van der Waals surface area contributed by atoms with E-state index in [1.165, 1.54) is 29.7 Å². The molecule has 120 valence electrons. The van der Waals surface area contributed by atoms with Gasteiger partial charge in [-0.25, -0.2) is 4.98 Å². The van der Waals surface area contributed by atoms with Crippen LogP contribution in [0.5, 0.6) is 0 Å². The quantitative estimate of drug-likeness (QED) is 0.754. The molecule has 0 amide bonds. The summed E-state index contributed by atoms with van der Waals surface area (Å²) in [6.07, 6.45) is 7.80. The number of fused-ring (bicyclic) bond motifs is 1. The van der Waals surface area contributed by atoms with Crippen molar-refractivity contribution in [3.8, 4) is 0 Å². The summed E-state index contributed by atoms with van der Waals surface area (Å²) < 4.78 is 2.05. The second-order valence-corrected chi connectivity index (χ2v) is 7.92. The maximum atomic E-state index is 10.8. The monoisotopic (exact) mass is 326 g/mol. The molecule has 2 aromatic heterocycles. The number of thiazole rings is 1. The van der Waals surface area contributed by atoms with Crippen molar-refractivity contribution < 1.29 is 5.11 Å². The van der Waals surface area contributed by atoms with Crippen molar-refractivity contribution in [1.82, 2.24) is 9.38 Å². The van der Waals surface area contributed by atoms with Gasteiger partial charge in [0.1, 0.15) is 11.2 Å². The van der Waals surface area contributed by atoms with Crippen molar-refractivity contribution in [3.05, 3.63) is 59.0 Å². The van der Waals surface area contributed by atoms with Gasteiger partial charge in [0.25, 0.3) is 0 Å². The Morgan fingerprint density at radius 3 is 2.96 bits per heavy atom. The second kappa shape index (κ2) is 6.10. The molecule has 3 nitrogen and oxygen atoms in total. The lowest BCUT2D eigenvalue weighted by molar-refractivity contribution is 0.139. The van der Waals surface area contributed by atoms with Crippen LogP contribution in [-0.4, -0.2) is 14.5 Å². The third kappa shape index (κ3) is 2.81. The minimum Gasteiger partial charge on any atom is -0.387 e. The fraction of sp³-hybridized carbons (Fsp3) is 0.421. The van der Waals surface area contributed by atoms with E-state index in [9.17, 15) is 5.11 Å². The zero-order valence-electron chi connectivity index (χ0n) is 13.4. The van der Waals surface area contributed by atoms with Crippen LogP contribution in [0.15, 0.2) is 42.9 Å². The number of rotatable bonds is 4. The third-order valence-electron chi connectivity index (χ3n) is 5.17. The normalized spacial score (nSPS) is 22.7. The molecule has 0 saturated heterocycles. The van der Waals surface area contributed by atoms with Gasteiger partial charge in [-0.1, -0.05) is 30.3 Å². The van der Waals surface area contributed by atoms with Gasteiger partial charge in [-0.05, 0) is 50.0 Å². The number of aromatic nitrogens is 2. The second-order valence-electron chi connectivity index (χ2n) is 6.68. The molecule has 3 aromatic rings. The highest BCUT2D eigenvalue weighted by atomic mass is 32.1. The minimum absolute atomic E-state index is 0.391. The number of benzene rings is 1. The first-order valence-electron chi connectivity index (χ1n) is 8.36. The summed E-state index contributed by atoms with van der Waals surface area (Å²) in [5.74, 6) is 1.26. The summed E-state index contributed by atoms with van der Waals surface area (Å²) in [4.78, 5) is 6.51. The van der Waals surface area contributed by atoms with Gasteiger partial charge in [-0.2, -0.15) is 0 Å². The molecule has 4 rings (SSSR count). The average Bonchev–Trinajstić information content (AvgIpc) is 3.24. The van der Waals surface area contributed by atoms with E-state index in [-0.39, 0.29) is 0 Å². The fourth-order valence-electron chi connectivity index (χ4n) is 4.06. The maximum Gasteiger partial charge on any atom is 0.120 e. The van der Waals surface area contributed by atoms with Crippen molar-refractivity contribution in [2.24, 2.45) is 5.92 Å². The Kier molecular flexibility index (Phi) is 3.95. The first-order valence-corrected chi connectivity index (χ1v) is 9.18. The molecule has 1 N–H and O–H groups in total. The number of imidazole rings is 1. The van der Waals surface area contributed by atoms with Crippen LogP contribution in [0.1, 0.15) is 53.8 Å². The lowest BCUT2D eigenvalue weighted by Crippen LogP contribution is -2.08. The van der Waals surface area contributed by atoms with Crippen molar-refractivity contribution in [1.29, 1.82) is 0 Å². The lowest BCUT2D eigenvalue weighted by atomic mass is 9.93. The van der Waals surface area contributed by atoms with E-state index in [2.05, 4.69) is 42.2 Å². The van der Waals surface area contributed by atoms with Gasteiger partial charge < -0.3 is 5.11 Å². The molecule has 0 spiro atoms. The van der Waals surface area contributed by atoms with Crippen LogP contribution in [0.3, 0.4) is 0 Å². The smallest absolute Gasteiger partial charge is 0.120 e. The highest BCUT2D eigenvalue weighted by Gasteiger charge is 2.29. The number of aliphatic hydroxyl groups excluding tert-OH is 1. The molecule has 0 bridgehead atoms. The van der Waals surface area contributed by atoms with Crippen molar-refractivity contribution in [2.75, 3.05) is 0 Å². The van der Waals surface area contributed by atoms with E-state index in [0.29, 0.717) is 11.8 Å². The van der Waals surface area contributed by atoms with Gasteiger partial charge in [0, 0.05) is 4.88 Å². The minimum atomic E-state index is -0.391. The van der Waals surface area contributed by atoms with Crippen LogP contribution in [0.25, 0.3) is 4.83 Å². The first-order chi connectivity index (χ1) is 11.2. The molecule has 1 aromatic carbocycles. The Hall–Kier alpha value is -1.65. The topological polar surface area (TPSA) is 37.5 Å². The number of hydrogen-bond donors (Lipinski definition) is 1. The highest BCUT2D eigenvalue weighted by molar-refractivity contribution is 7.17. The summed E-state index contributed by atoms with van der Waals surface area (Å²) in [7, 11) is 0. The number of hydrogen-bond acceptors (Lipinski definition) is 3. The Bertz CT molecular complexity index is 792. The molecular formula is C19H22N2OS. The molecule has 1 aliphatic rings. The molecule has 1 saturated carbocycles. The van der Waals surface area contributed by atoms with Crippen LogP contribution in [0, 0.1) is 12.8 Å². The molecule has 0 aliphatic heterocycles. The average molecular weight is 326 g/mol. The summed E-state index contributed by atoms with van der Waals surface area (Å²) in [5.41, 5.74) is 2.49. The number of aryl methyl sites for hydroxylation is 1. The van der Waals surface area contributed by atoms with E-state index in [1.807, 2.05) is 16.9 Å². The van der Waals surface area contributed by atoms with Gasteiger partial charge in [-0.3, -0.25) is 4.40 Å². The maximum absolute atomic E-state index is 10.8. The van der Waals surface area contributed by atoms with E-state index in [0.717, 1.165) is 16.9 Å². The van der Waals surface area contributed by atoms with Crippen LogP contribution in [-0.2, 0) is 0 Å². The van der Waals surface area contributed by atoms with Crippen molar-refractivity contribution in [3.63, 3.8) is 0 Å². The van der Waals surface area contributed by atoms with E-state index in [4.69, 9.17) is 0 Å². The molecule has 2 heterocycles. The molecule has 4 heteroatoms. The zero-order chi connectivity index (χ0) is 15.8. The summed E-state index contributed by atoms with van der Waals surface area (Å²) in [6, 6.07) is 10.8. The summed E-state index contributed by atoms with van der Waals surface area (Å²) in [6.45, 7) is 2.09. The van der Waals surface area contributed by atoms with E-state index in [1.54, 1.807) is 11.3 Å². The van der Waals surface area contributed by atoms with E-state index < -0.39 is 6.10 Å². The zero-order valence-corrected chi connectivity index (χ0v) is 14.2. The van der Waals surface area contributed by atoms with Crippen LogP contribution >= 0.6 is 11.3 Å². The molecule has 1 aliphatic carbocycles. The van der Waals surface area contributed by atoms with Gasteiger partial charge in [-0.15, -0.1) is 11.3 Å². The number of nitrogens with zero attached hydrogens (tertiary/aromatic N) is 2. The fourth-order valence-corrected chi connectivity index (χ4v) is 5.07. The van der Waals surface area contributed by atoms with Gasteiger partial charge in [0.2, 0.25) is 0 Å². The van der Waals surface area contributed by atoms with Crippen LogP contribution in [0.2, 0.25) is 0 Å². The van der Waals surface area contributed by atoms with Crippen LogP contribution < -0.4 is 0 Å². The van der Waals surface area contributed by atoms with Crippen molar-refractivity contribution in [2.45, 2.75) is 44.6 Å². The van der Waals surface area contributed by atoms with Gasteiger partial charge >= 0.3 is 0 Å². The molecule has 1 fully saturated rings.